The van der Waals surface area contributed by atoms with Crippen molar-refractivity contribution in [1.82, 2.24) is 29.6 Å². The number of aromatic nitrogens is 5. The molecule has 11 nitrogen and oxygen atoms in total. The van der Waals surface area contributed by atoms with Crippen molar-refractivity contribution in [3.05, 3.63) is 49.1 Å². The van der Waals surface area contributed by atoms with Crippen LogP contribution in [0.4, 0.5) is 5.82 Å². The lowest BCUT2D eigenvalue weighted by Gasteiger charge is -2.26. The molecule has 0 saturated carbocycles. The standard InChI is InChI=1S/C25H29N7O4/c1-25(2,33)36-20-12-22(32-10-8-18-23(28-15-31(3)4)26-14-27-24(18)32)35-21(20)13-34-17-6-5-16-7-9-29-30-19(16)11-17/h5-11,14-15,20-22,33H,12-13H2,1-4H3/t20-,21+,22+/m0/s1. The summed E-state index contributed by atoms with van der Waals surface area (Å²) < 4.78 is 20.3. The first-order chi connectivity index (χ1) is 17.3. The van der Waals surface area contributed by atoms with Crippen LogP contribution in [0, 0.1) is 0 Å². The zero-order chi connectivity index (χ0) is 25.3. The Kier molecular flexibility index (Phi) is 6.52. The number of benzene rings is 1. The highest BCUT2D eigenvalue weighted by Gasteiger charge is 2.40. The van der Waals surface area contributed by atoms with Gasteiger partial charge in [-0.1, -0.05) is 0 Å². The SMILES string of the molecule is CN(C)C=Nc1ncnc2c1ccn2[C@H]1C[C@H](OC(C)(C)O)[C@@H](COc2ccc3ccnnc3c2)O1. The normalized spacial score (nSPS) is 20.5. The second kappa shape index (κ2) is 9.76. The number of fused-ring (bicyclic) bond motifs is 2. The van der Waals surface area contributed by atoms with Gasteiger partial charge in [0.2, 0.25) is 0 Å². The summed E-state index contributed by atoms with van der Waals surface area (Å²) in [6.07, 6.45) is 6.06. The number of ether oxygens (including phenoxy) is 3. The van der Waals surface area contributed by atoms with Gasteiger partial charge in [-0.15, -0.1) is 0 Å². The molecule has 5 rings (SSSR count). The van der Waals surface area contributed by atoms with Gasteiger partial charge in [-0.2, -0.15) is 10.2 Å². The third-order valence-electron chi connectivity index (χ3n) is 5.73. The fourth-order valence-electron chi connectivity index (χ4n) is 4.21. The maximum atomic E-state index is 10.3. The minimum atomic E-state index is -1.32. The minimum Gasteiger partial charge on any atom is -0.491 e. The smallest absolute Gasteiger partial charge is 0.166 e. The van der Waals surface area contributed by atoms with Gasteiger partial charge >= 0.3 is 0 Å². The van der Waals surface area contributed by atoms with Crippen molar-refractivity contribution in [3.8, 4) is 5.75 Å². The minimum absolute atomic E-state index is 0.232. The molecule has 36 heavy (non-hydrogen) atoms. The molecule has 0 bridgehead atoms. The van der Waals surface area contributed by atoms with E-state index in [9.17, 15) is 5.11 Å². The Morgan fingerprint density at radius 2 is 2.11 bits per heavy atom. The summed E-state index contributed by atoms with van der Waals surface area (Å²) in [5.74, 6) is -0.0945. The van der Waals surface area contributed by atoms with E-state index in [1.807, 2.05) is 60.1 Å². The first-order valence-electron chi connectivity index (χ1n) is 11.7. The van der Waals surface area contributed by atoms with E-state index in [1.165, 1.54) is 6.33 Å². The average Bonchev–Trinajstić information content (AvgIpc) is 3.44. The Morgan fingerprint density at radius 1 is 1.25 bits per heavy atom. The van der Waals surface area contributed by atoms with Crippen LogP contribution in [0.1, 0.15) is 26.5 Å². The van der Waals surface area contributed by atoms with Gasteiger partial charge < -0.3 is 28.8 Å². The number of aliphatic hydroxyl groups is 1. The molecule has 1 aliphatic heterocycles. The quantitative estimate of drug-likeness (QED) is 0.225. The molecule has 1 saturated heterocycles. The van der Waals surface area contributed by atoms with Crippen LogP contribution < -0.4 is 4.74 Å². The van der Waals surface area contributed by atoms with Gasteiger partial charge in [-0.05, 0) is 38.1 Å². The second-order valence-electron chi connectivity index (χ2n) is 9.40. The molecule has 4 heterocycles. The van der Waals surface area contributed by atoms with E-state index in [0.29, 0.717) is 23.6 Å². The molecule has 1 fully saturated rings. The maximum Gasteiger partial charge on any atom is 0.166 e. The van der Waals surface area contributed by atoms with Crippen molar-refractivity contribution in [1.29, 1.82) is 0 Å². The van der Waals surface area contributed by atoms with Crippen LogP contribution in [0.3, 0.4) is 0 Å². The van der Waals surface area contributed by atoms with Gasteiger partial charge in [0, 0.05) is 38.2 Å². The molecule has 0 amide bonds. The van der Waals surface area contributed by atoms with Gasteiger partial charge in [-0.25, -0.2) is 15.0 Å². The molecular formula is C25H29N7O4. The van der Waals surface area contributed by atoms with E-state index >= 15 is 0 Å². The first kappa shape index (κ1) is 24.0. The van der Waals surface area contributed by atoms with Crippen molar-refractivity contribution in [2.45, 2.75) is 44.5 Å². The van der Waals surface area contributed by atoms with E-state index in [-0.39, 0.29) is 12.8 Å². The Labute approximate surface area is 208 Å². The first-order valence-corrected chi connectivity index (χ1v) is 11.7. The zero-order valence-electron chi connectivity index (χ0n) is 20.6. The average molecular weight is 492 g/mol. The Balaban J connectivity index is 1.37. The molecule has 188 valence electrons. The molecule has 11 heteroatoms. The zero-order valence-corrected chi connectivity index (χ0v) is 20.6. The van der Waals surface area contributed by atoms with Gasteiger partial charge in [-0.3, -0.25) is 0 Å². The Morgan fingerprint density at radius 3 is 2.92 bits per heavy atom. The number of hydrogen-bond acceptors (Lipinski definition) is 9. The number of rotatable bonds is 8. The highest BCUT2D eigenvalue weighted by atomic mass is 16.7. The molecule has 0 unspecified atom stereocenters. The van der Waals surface area contributed by atoms with Crippen molar-refractivity contribution in [2.24, 2.45) is 4.99 Å². The predicted octanol–water partition coefficient (Wildman–Crippen LogP) is 3.08. The van der Waals surface area contributed by atoms with Crippen molar-refractivity contribution >= 4 is 34.1 Å². The number of hydrogen-bond donors (Lipinski definition) is 1. The lowest BCUT2D eigenvalue weighted by molar-refractivity contribution is -0.216. The molecule has 1 aliphatic rings. The molecule has 0 radical (unpaired) electrons. The van der Waals surface area contributed by atoms with Crippen LogP contribution in [0.2, 0.25) is 0 Å². The fraction of sp³-hybridized carbons (Fsp3) is 0.400. The molecule has 0 spiro atoms. The van der Waals surface area contributed by atoms with Crippen LogP contribution in [0.5, 0.6) is 5.75 Å². The van der Waals surface area contributed by atoms with E-state index in [0.717, 1.165) is 16.3 Å². The molecule has 0 aliphatic carbocycles. The van der Waals surface area contributed by atoms with E-state index in [1.54, 1.807) is 26.4 Å². The van der Waals surface area contributed by atoms with E-state index in [2.05, 4.69) is 25.2 Å². The molecule has 3 atom stereocenters. The van der Waals surface area contributed by atoms with Gasteiger partial charge in [0.15, 0.2) is 11.6 Å². The van der Waals surface area contributed by atoms with Crippen LogP contribution in [-0.4, -0.2) is 79.8 Å². The number of nitrogens with zero attached hydrogens (tertiary/aromatic N) is 7. The van der Waals surface area contributed by atoms with Crippen LogP contribution in [0.25, 0.3) is 21.9 Å². The second-order valence-corrected chi connectivity index (χ2v) is 9.40. The predicted molar refractivity (Wildman–Crippen MR) is 134 cm³/mol. The maximum absolute atomic E-state index is 10.3. The van der Waals surface area contributed by atoms with Crippen molar-refractivity contribution < 1.29 is 19.3 Å². The number of aliphatic imine (C=N–C) groups is 1. The van der Waals surface area contributed by atoms with Crippen molar-refractivity contribution in [3.63, 3.8) is 0 Å². The molecular weight excluding hydrogens is 462 g/mol. The lowest BCUT2D eigenvalue weighted by atomic mass is 10.1. The lowest BCUT2D eigenvalue weighted by Crippen LogP contribution is -2.37. The fourth-order valence-corrected chi connectivity index (χ4v) is 4.21. The summed E-state index contributed by atoms with van der Waals surface area (Å²) >= 11 is 0. The topological polar surface area (TPSA) is 120 Å². The Bertz CT molecular complexity index is 1380. The highest BCUT2D eigenvalue weighted by molar-refractivity contribution is 5.87. The third-order valence-corrected chi connectivity index (χ3v) is 5.73. The summed E-state index contributed by atoms with van der Waals surface area (Å²) in [4.78, 5) is 15.1. The molecule has 1 aromatic carbocycles. The van der Waals surface area contributed by atoms with Crippen LogP contribution >= 0.6 is 0 Å². The highest BCUT2D eigenvalue weighted by Crippen LogP contribution is 2.36. The summed E-state index contributed by atoms with van der Waals surface area (Å²) in [6.45, 7) is 3.44. The molecule has 3 aromatic heterocycles. The van der Waals surface area contributed by atoms with Gasteiger partial charge in [0.1, 0.15) is 36.7 Å². The monoisotopic (exact) mass is 491 g/mol. The van der Waals surface area contributed by atoms with Gasteiger partial charge in [0.05, 0.1) is 29.5 Å². The van der Waals surface area contributed by atoms with E-state index < -0.39 is 18.0 Å². The molecule has 1 N–H and O–H groups in total. The van der Waals surface area contributed by atoms with Crippen LogP contribution in [-0.2, 0) is 9.47 Å². The third kappa shape index (κ3) is 5.27. The molecule has 4 aromatic rings. The van der Waals surface area contributed by atoms with Gasteiger partial charge in [0.25, 0.3) is 0 Å². The summed E-state index contributed by atoms with van der Waals surface area (Å²) in [7, 11) is 3.80. The van der Waals surface area contributed by atoms with Crippen molar-refractivity contribution in [2.75, 3.05) is 20.7 Å². The largest absolute Gasteiger partial charge is 0.491 e. The van der Waals surface area contributed by atoms with Crippen LogP contribution in [0.15, 0.2) is 54.0 Å². The summed E-state index contributed by atoms with van der Waals surface area (Å²) in [5.41, 5.74) is 1.45. The Hall–Kier alpha value is -3.67. The summed E-state index contributed by atoms with van der Waals surface area (Å²) in [5, 5.41) is 20.2. The summed E-state index contributed by atoms with van der Waals surface area (Å²) in [6, 6.07) is 9.48. The van der Waals surface area contributed by atoms with E-state index in [4.69, 9.17) is 14.2 Å².